The van der Waals surface area contributed by atoms with Crippen LogP contribution in [0.15, 0.2) is 35.0 Å². The lowest BCUT2D eigenvalue weighted by Gasteiger charge is -2.35. The smallest absolute Gasteiger partial charge is 0.131 e. The van der Waals surface area contributed by atoms with E-state index in [1.54, 1.807) is 17.4 Å². The third-order valence-electron chi connectivity index (χ3n) is 3.63. The minimum absolute atomic E-state index is 0.135. The highest BCUT2D eigenvalue weighted by atomic mass is 32.1. The molecule has 2 nitrogen and oxygen atoms in total. The lowest BCUT2D eigenvalue weighted by atomic mass is 9.98. The van der Waals surface area contributed by atoms with Crippen LogP contribution >= 0.6 is 11.3 Å². The topological polar surface area (TPSA) is 15.3 Å². The Kier molecular flexibility index (Phi) is 4.10. The lowest BCUT2D eigenvalue weighted by Crippen LogP contribution is -2.45. The molecule has 0 bridgehead atoms. The maximum Gasteiger partial charge on any atom is 0.131 e. The maximum absolute atomic E-state index is 14.2. The van der Waals surface area contributed by atoms with E-state index in [-0.39, 0.29) is 6.04 Å². The molecule has 2 aromatic rings. The first-order valence-electron chi connectivity index (χ1n) is 6.67. The molecule has 1 aromatic carbocycles. The molecular formula is C15H16F2N2S. The number of halogens is 2. The Bertz CT molecular complexity index is 565. The Balaban J connectivity index is 2.00. The predicted molar refractivity (Wildman–Crippen MR) is 77.0 cm³/mol. The number of nitrogens with zero attached hydrogens (tertiary/aromatic N) is 1. The van der Waals surface area contributed by atoms with Gasteiger partial charge in [0.1, 0.15) is 11.6 Å². The summed E-state index contributed by atoms with van der Waals surface area (Å²) in [5.41, 5.74) is 1.62. The second-order valence-corrected chi connectivity index (χ2v) is 5.69. The van der Waals surface area contributed by atoms with Crippen LogP contribution in [0.4, 0.5) is 8.78 Å². The molecule has 0 aliphatic carbocycles. The van der Waals surface area contributed by atoms with E-state index in [9.17, 15) is 8.78 Å². The van der Waals surface area contributed by atoms with E-state index in [0.717, 1.165) is 37.8 Å². The standard InChI is InChI=1S/C15H16F2N2S/c16-12-1-2-13(14(17)9-12)15(11-3-8-20-10-11)19-6-4-18-5-7-19/h1-3,8-10,15,18H,4-7H2/t15-/m0/s1. The van der Waals surface area contributed by atoms with Gasteiger partial charge in [0.15, 0.2) is 0 Å². The number of nitrogens with one attached hydrogen (secondary N) is 1. The van der Waals surface area contributed by atoms with Crippen LogP contribution in [0, 0.1) is 11.6 Å². The highest BCUT2D eigenvalue weighted by molar-refractivity contribution is 7.08. The Hall–Kier alpha value is -1.30. The number of thiophene rings is 1. The molecule has 3 rings (SSSR count). The molecule has 2 heterocycles. The Labute approximate surface area is 121 Å². The molecular weight excluding hydrogens is 278 g/mol. The van der Waals surface area contributed by atoms with Crippen molar-refractivity contribution in [2.75, 3.05) is 26.2 Å². The number of rotatable bonds is 3. The molecule has 1 N–H and O–H groups in total. The monoisotopic (exact) mass is 294 g/mol. The predicted octanol–water partition coefficient (Wildman–Crippen LogP) is 3.02. The largest absolute Gasteiger partial charge is 0.314 e. The summed E-state index contributed by atoms with van der Waals surface area (Å²) in [6.45, 7) is 3.50. The summed E-state index contributed by atoms with van der Waals surface area (Å²) in [7, 11) is 0. The fourth-order valence-electron chi connectivity index (χ4n) is 2.68. The van der Waals surface area contributed by atoms with Gasteiger partial charge in [-0.15, -0.1) is 0 Å². The van der Waals surface area contributed by atoms with Gasteiger partial charge in [0, 0.05) is 37.8 Å². The van der Waals surface area contributed by atoms with Crippen LogP contribution in [0.5, 0.6) is 0 Å². The van der Waals surface area contributed by atoms with Gasteiger partial charge in [0.25, 0.3) is 0 Å². The molecule has 0 radical (unpaired) electrons. The van der Waals surface area contributed by atoms with Crippen LogP contribution in [0.3, 0.4) is 0 Å². The van der Waals surface area contributed by atoms with Crippen LogP contribution in [0.25, 0.3) is 0 Å². The van der Waals surface area contributed by atoms with Gasteiger partial charge < -0.3 is 5.32 Å². The van der Waals surface area contributed by atoms with Crippen molar-refractivity contribution in [3.8, 4) is 0 Å². The molecule has 5 heteroatoms. The van der Waals surface area contributed by atoms with E-state index < -0.39 is 11.6 Å². The highest BCUT2D eigenvalue weighted by Gasteiger charge is 2.26. The minimum Gasteiger partial charge on any atom is -0.314 e. The van der Waals surface area contributed by atoms with Crippen LogP contribution < -0.4 is 5.32 Å². The van der Waals surface area contributed by atoms with Crippen molar-refractivity contribution >= 4 is 11.3 Å². The van der Waals surface area contributed by atoms with E-state index >= 15 is 0 Å². The summed E-state index contributed by atoms with van der Waals surface area (Å²) < 4.78 is 27.3. The quantitative estimate of drug-likeness (QED) is 0.936. The summed E-state index contributed by atoms with van der Waals surface area (Å²) in [6.07, 6.45) is 0. The summed E-state index contributed by atoms with van der Waals surface area (Å²) in [5, 5.41) is 7.33. The van der Waals surface area contributed by atoms with E-state index in [1.165, 1.54) is 6.07 Å². The molecule has 20 heavy (non-hydrogen) atoms. The average Bonchev–Trinajstić information content (AvgIpc) is 2.97. The molecule has 0 unspecified atom stereocenters. The first-order valence-corrected chi connectivity index (χ1v) is 7.62. The van der Waals surface area contributed by atoms with Gasteiger partial charge >= 0.3 is 0 Å². The number of piperazine rings is 1. The van der Waals surface area contributed by atoms with Gasteiger partial charge in [0.2, 0.25) is 0 Å². The molecule has 0 amide bonds. The van der Waals surface area contributed by atoms with Crippen molar-refractivity contribution in [1.29, 1.82) is 0 Å². The van der Waals surface area contributed by atoms with Crippen molar-refractivity contribution in [1.82, 2.24) is 10.2 Å². The fraction of sp³-hybridized carbons (Fsp3) is 0.333. The molecule has 1 atom stereocenters. The van der Waals surface area contributed by atoms with Gasteiger partial charge in [0.05, 0.1) is 6.04 Å². The van der Waals surface area contributed by atoms with Gasteiger partial charge in [-0.25, -0.2) is 8.78 Å². The van der Waals surface area contributed by atoms with E-state index in [4.69, 9.17) is 0 Å². The van der Waals surface area contributed by atoms with Gasteiger partial charge in [-0.3, -0.25) is 4.90 Å². The summed E-state index contributed by atoms with van der Waals surface area (Å²) >= 11 is 1.60. The van der Waals surface area contributed by atoms with Crippen LogP contribution in [-0.2, 0) is 0 Å². The molecule has 1 saturated heterocycles. The van der Waals surface area contributed by atoms with Crippen LogP contribution in [0.2, 0.25) is 0 Å². The Morgan fingerprint density at radius 3 is 2.60 bits per heavy atom. The van der Waals surface area contributed by atoms with E-state index in [1.807, 2.05) is 16.8 Å². The van der Waals surface area contributed by atoms with Gasteiger partial charge in [-0.1, -0.05) is 6.07 Å². The Morgan fingerprint density at radius 2 is 1.95 bits per heavy atom. The van der Waals surface area contributed by atoms with Gasteiger partial charge in [-0.2, -0.15) is 11.3 Å². The summed E-state index contributed by atoms with van der Waals surface area (Å²) in [6, 6.07) is 5.75. The number of hydrogen-bond donors (Lipinski definition) is 1. The number of benzene rings is 1. The molecule has 1 aliphatic heterocycles. The zero-order chi connectivity index (χ0) is 13.9. The van der Waals surface area contributed by atoms with Crippen molar-refractivity contribution in [3.63, 3.8) is 0 Å². The van der Waals surface area contributed by atoms with E-state index in [2.05, 4.69) is 10.2 Å². The lowest BCUT2D eigenvalue weighted by molar-refractivity contribution is 0.195. The van der Waals surface area contributed by atoms with Crippen molar-refractivity contribution < 1.29 is 8.78 Å². The molecule has 0 saturated carbocycles. The van der Waals surface area contributed by atoms with Crippen molar-refractivity contribution in [2.24, 2.45) is 0 Å². The first-order chi connectivity index (χ1) is 9.75. The minimum atomic E-state index is -0.532. The van der Waals surface area contributed by atoms with Crippen molar-refractivity contribution in [3.05, 3.63) is 57.8 Å². The molecule has 0 spiro atoms. The second kappa shape index (κ2) is 5.99. The second-order valence-electron chi connectivity index (χ2n) is 4.91. The summed E-state index contributed by atoms with van der Waals surface area (Å²) in [5.74, 6) is -1.00. The molecule has 1 aliphatic rings. The summed E-state index contributed by atoms with van der Waals surface area (Å²) in [4.78, 5) is 2.24. The maximum atomic E-state index is 14.2. The van der Waals surface area contributed by atoms with Crippen LogP contribution in [-0.4, -0.2) is 31.1 Å². The number of hydrogen-bond acceptors (Lipinski definition) is 3. The fourth-order valence-corrected chi connectivity index (χ4v) is 3.36. The average molecular weight is 294 g/mol. The zero-order valence-electron chi connectivity index (χ0n) is 11.0. The SMILES string of the molecule is Fc1ccc([C@H](c2ccsc2)N2CCNCC2)c(F)c1. The third kappa shape index (κ3) is 2.75. The zero-order valence-corrected chi connectivity index (χ0v) is 11.8. The third-order valence-corrected chi connectivity index (χ3v) is 4.33. The molecule has 1 aromatic heterocycles. The normalized spacial score (nSPS) is 18.1. The van der Waals surface area contributed by atoms with E-state index in [0.29, 0.717) is 5.56 Å². The first kappa shape index (κ1) is 13.7. The molecule has 1 fully saturated rings. The molecule has 106 valence electrons. The Morgan fingerprint density at radius 1 is 1.15 bits per heavy atom. The van der Waals surface area contributed by atoms with Gasteiger partial charge in [-0.05, 0) is 28.5 Å². The highest BCUT2D eigenvalue weighted by Crippen LogP contribution is 2.32. The van der Waals surface area contributed by atoms with Crippen LogP contribution in [0.1, 0.15) is 17.2 Å². The van der Waals surface area contributed by atoms with Crippen molar-refractivity contribution in [2.45, 2.75) is 6.04 Å².